The Morgan fingerprint density at radius 1 is 1.71 bits per heavy atom. The van der Waals surface area contributed by atoms with Crippen molar-refractivity contribution in [2.24, 2.45) is 0 Å². The highest BCUT2D eigenvalue weighted by Crippen LogP contribution is 2.29. The van der Waals surface area contributed by atoms with Gasteiger partial charge in [-0.05, 0) is 28.1 Å². The Morgan fingerprint density at radius 3 is 2.71 bits per heavy atom. The fourth-order valence-corrected chi connectivity index (χ4v) is 2.60. The van der Waals surface area contributed by atoms with Crippen molar-refractivity contribution in [2.75, 3.05) is 7.05 Å². The number of hydrogen-bond acceptors (Lipinski definition) is 3. The number of thiophene rings is 1. The van der Waals surface area contributed by atoms with Crippen molar-refractivity contribution in [3.63, 3.8) is 0 Å². The van der Waals surface area contributed by atoms with Gasteiger partial charge in [0.15, 0.2) is 6.04 Å². The van der Waals surface area contributed by atoms with E-state index >= 15 is 0 Å². The topological polar surface area (TPSA) is 57.6 Å². The lowest BCUT2D eigenvalue weighted by Crippen LogP contribution is -2.28. The van der Waals surface area contributed by atoms with Crippen LogP contribution in [0.4, 0.5) is 0 Å². The van der Waals surface area contributed by atoms with E-state index < -0.39 is 12.0 Å². The van der Waals surface area contributed by atoms with E-state index in [4.69, 9.17) is 5.11 Å². The number of halogens is 1. The lowest BCUT2D eigenvalue weighted by Gasteiger charge is -2.18. The van der Waals surface area contributed by atoms with Gasteiger partial charge in [0.05, 0.1) is 3.79 Å². The molecule has 0 saturated carbocycles. The summed E-state index contributed by atoms with van der Waals surface area (Å²) in [6, 6.07) is 2.55. The van der Waals surface area contributed by atoms with Crippen molar-refractivity contribution in [3.8, 4) is 0 Å². The van der Waals surface area contributed by atoms with E-state index in [-0.39, 0.29) is 0 Å². The highest BCUT2D eigenvalue weighted by molar-refractivity contribution is 9.11. The van der Waals surface area contributed by atoms with Gasteiger partial charge >= 0.3 is 5.97 Å². The van der Waals surface area contributed by atoms with Gasteiger partial charge in [0.1, 0.15) is 0 Å². The van der Waals surface area contributed by atoms with Crippen molar-refractivity contribution < 1.29 is 14.7 Å². The number of aliphatic carboxylic acids is 1. The van der Waals surface area contributed by atoms with Crippen LogP contribution in [0, 0.1) is 0 Å². The van der Waals surface area contributed by atoms with Gasteiger partial charge in [0, 0.05) is 11.9 Å². The molecule has 1 aromatic rings. The molecule has 0 bridgehead atoms. The fourth-order valence-electron chi connectivity index (χ4n) is 1.03. The van der Waals surface area contributed by atoms with Crippen molar-refractivity contribution in [2.45, 2.75) is 6.04 Å². The molecule has 0 spiro atoms. The molecule has 0 fully saturated rings. The standard InChI is InChI=1S/C8H8BrNO3S/c1-10(4-11)7(8(12)13)5-2-3-6(9)14-5/h2-4,7H,1H3,(H,12,13). The Balaban J connectivity index is 2.99. The zero-order chi connectivity index (χ0) is 10.7. The Labute approximate surface area is 93.3 Å². The molecular formula is C8H8BrNO3S. The van der Waals surface area contributed by atoms with E-state index in [0.29, 0.717) is 11.3 Å². The van der Waals surface area contributed by atoms with Crippen LogP contribution in [0.2, 0.25) is 0 Å². The summed E-state index contributed by atoms with van der Waals surface area (Å²) in [6.45, 7) is 0. The lowest BCUT2D eigenvalue weighted by atomic mass is 10.2. The number of amides is 1. The van der Waals surface area contributed by atoms with Gasteiger partial charge in [0.2, 0.25) is 6.41 Å². The van der Waals surface area contributed by atoms with Crippen LogP contribution in [0.25, 0.3) is 0 Å². The monoisotopic (exact) mass is 277 g/mol. The van der Waals surface area contributed by atoms with Crippen LogP contribution < -0.4 is 0 Å². The van der Waals surface area contributed by atoms with E-state index in [1.54, 1.807) is 12.1 Å². The van der Waals surface area contributed by atoms with Crippen molar-refractivity contribution in [1.82, 2.24) is 4.90 Å². The average molecular weight is 278 g/mol. The van der Waals surface area contributed by atoms with E-state index in [2.05, 4.69) is 15.9 Å². The molecule has 1 heterocycles. The van der Waals surface area contributed by atoms with Gasteiger partial charge in [-0.2, -0.15) is 0 Å². The molecule has 1 rings (SSSR count). The number of carboxylic acids is 1. The number of carboxylic acid groups (broad SMARTS) is 1. The predicted octanol–water partition coefficient (Wildman–Crippen LogP) is 1.72. The van der Waals surface area contributed by atoms with Crippen LogP contribution in [0.3, 0.4) is 0 Å². The number of nitrogens with zero attached hydrogens (tertiary/aromatic N) is 1. The molecule has 0 radical (unpaired) electrons. The number of carbonyl (C=O) groups is 2. The molecule has 0 saturated heterocycles. The van der Waals surface area contributed by atoms with E-state index in [0.717, 1.165) is 8.69 Å². The van der Waals surface area contributed by atoms with Gasteiger partial charge < -0.3 is 10.0 Å². The van der Waals surface area contributed by atoms with Gasteiger partial charge in [-0.3, -0.25) is 4.79 Å². The van der Waals surface area contributed by atoms with Crippen molar-refractivity contribution >= 4 is 39.6 Å². The highest BCUT2D eigenvalue weighted by Gasteiger charge is 2.25. The van der Waals surface area contributed by atoms with Gasteiger partial charge in [-0.15, -0.1) is 11.3 Å². The minimum absolute atomic E-state index is 0.506. The maximum atomic E-state index is 10.9. The third-order valence-corrected chi connectivity index (χ3v) is 3.35. The number of rotatable bonds is 4. The Hall–Kier alpha value is -0.880. The Kier molecular flexibility index (Phi) is 3.65. The summed E-state index contributed by atoms with van der Waals surface area (Å²) in [4.78, 5) is 23.1. The van der Waals surface area contributed by atoms with Gasteiger partial charge in [-0.25, -0.2) is 4.79 Å². The third kappa shape index (κ3) is 2.33. The van der Waals surface area contributed by atoms with Crippen LogP contribution >= 0.6 is 27.3 Å². The Morgan fingerprint density at radius 2 is 2.36 bits per heavy atom. The summed E-state index contributed by atoms with van der Waals surface area (Å²) >= 11 is 4.54. The highest BCUT2D eigenvalue weighted by atomic mass is 79.9. The molecule has 1 aromatic heterocycles. The van der Waals surface area contributed by atoms with E-state index in [1.165, 1.54) is 18.4 Å². The summed E-state index contributed by atoms with van der Waals surface area (Å²) < 4.78 is 0.845. The SMILES string of the molecule is CN(C=O)C(C(=O)O)c1ccc(Br)s1. The fraction of sp³-hybridized carbons (Fsp3) is 0.250. The third-order valence-electron chi connectivity index (χ3n) is 1.67. The first-order chi connectivity index (χ1) is 6.56. The molecule has 1 N–H and O–H groups in total. The maximum Gasteiger partial charge on any atom is 0.331 e. The molecule has 1 atom stereocenters. The zero-order valence-electron chi connectivity index (χ0n) is 7.31. The molecule has 1 amide bonds. The van der Waals surface area contributed by atoms with Crippen LogP contribution in [-0.2, 0) is 9.59 Å². The maximum absolute atomic E-state index is 10.9. The van der Waals surface area contributed by atoms with Crippen LogP contribution in [0.15, 0.2) is 15.9 Å². The minimum Gasteiger partial charge on any atom is -0.479 e. The first-order valence-electron chi connectivity index (χ1n) is 3.71. The molecule has 0 aliphatic carbocycles. The summed E-state index contributed by atoms with van der Waals surface area (Å²) in [5, 5.41) is 8.93. The quantitative estimate of drug-likeness (QED) is 0.853. The average Bonchev–Trinajstić information content (AvgIpc) is 2.51. The second-order valence-electron chi connectivity index (χ2n) is 2.65. The lowest BCUT2D eigenvalue weighted by molar-refractivity contribution is -0.145. The minimum atomic E-state index is -1.03. The molecule has 76 valence electrons. The first-order valence-corrected chi connectivity index (χ1v) is 5.32. The second kappa shape index (κ2) is 4.56. The summed E-state index contributed by atoms with van der Waals surface area (Å²) in [5.74, 6) is -1.03. The van der Waals surface area contributed by atoms with Gasteiger partial charge in [0.25, 0.3) is 0 Å². The van der Waals surface area contributed by atoms with E-state index in [9.17, 15) is 9.59 Å². The zero-order valence-corrected chi connectivity index (χ0v) is 9.71. The van der Waals surface area contributed by atoms with Gasteiger partial charge in [-0.1, -0.05) is 0 Å². The molecule has 14 heavy (non-hydrogen) atoms. The summed E-state index contributed by atoms with van der Waals surface area (Å²) in [7, 11) is 1.44. The second-order valence-corrected chi connectivity index (χ2v) is 5.15. The predicted molar refractivity (Wildman–Crippen MR) is 56.2 cm³/mol. The van der Waals surface area contributed by atoms with E-state index in [1.807, 2.05) is 0 Å². The molecule has 4 nitrogen and oxygen atoms in total. The molecule has 1 unspecified atom stereocenters. The largest absolute Gasteiger partial charge is 0.479 e. The first kappa shape index (κ1) is 11.2. The van der Waals surface area contributed by atoms with Crippen LogP contribution in [0.1, 0.15) is 10.9 Å². The van der Waals surface area contributed by atoms with Crippen LogP contribution in [-0.4, -0.2) is 29.4 Å². The molecular weight excluding hydrogens is 270 g/mol. The Bertz CT molecular complexity index is 352. The number of hydrogen-bond donors (Lipinski definition) is 1. The molecule has 0 aromatic carbocycles. The molecule has 0 aliphatic rings. The van der Waals surface area contributed by atoms with Crippen LogP contribution in [0.5, 0.6) is 0 Å². The van der Waals surface area contributed by atoms with Crippen molar-refractivity contribution in [1.29, 1.82) is 0 Å². The molecule has 6 heteroatoms. The molecule has 0 aliphatic heterocycles. The van der Waals surface area contributed by atoms with Crippen molar-refractivity contribution in [3.05, 3.63) is 20.8 Å². The normalized spacial score (nSPS) is 12.1. The number of carbonyl (C=O) groups excluding carboxylic acids is 1. The summed E-state index contributed by atoms with van der Waals surface area (Å²) in [6.07, 6.45) is 0.506. The number of likely N-dealkylation sites (N-methyl/N-ethyl adjacent to an activating group) is 1. The smallest absolute Gasteiger partial charge is 0.331 e. The summed E-state index contributed by atoms with van der Waals surface area (Å²) in [5.41, 5.74) is 0.